The number of halogens is 1. The van der Waals surface area contributed by atoms with Crippen molar-refractivity contribution in [1.82, 2.24) is 10.2 Å². The molecule has 1 aromatic heterocycles. The van der Waals surface area contributed by atoms with Gasteiger partial charge in [-0.05, 0) is 36.4 Å². The van der Waals surface area contributed by atoms with Gasteiger partial charge in [0.1, 0.15) is 0 Å². The Hall–Kier alpha value is -1.20. The number of rotatable bonds is 2. The molecule has 1 aromatic carbocycles. The van der Waals surface area contributed by atoms with Gasteiger partial charge in [-0.2, -0.15) is 0 Å². The summed E-state index contributed by atoms with van der Waals surface area (Å²) in [4.78, 5) is 0.961. The zero-order valence-corrected chi connectivity index (χ0v) is 10.4. The Balaban J connectivity index is 2.31. The smallest absolute Gasteiger partial charge is 0.281 e. The van der Waals surface area contributed by atoms with Gasteiger partial charge >= 0.3 is 0 Å². The molecule has 4 nitrogen and oxygen atoms in total. The molecule has 0 unspecified atom stereocenters. The lowest BCUT2D eigenvalue weighted by molar-refractivity contribution is 0.429. The Morgan fingerprint density at radius 3 is 2.69 bits per heavy atom. The van der Waals surface area contributed by atoms with Gasteiger partial charge < -0.3 is 10.2 Å². The van der Waals surface area contributed by atoms with E-state index in [1.54, 1.807) is 13.0 Å². The summed E-state index contributed by atoms with van der Waals surface area (Å²) in [5.41, 5.74) is 7.30. The van der Waals surface area contributed by atoms with Gasteiger partial charge in [-0.1, -0.05) is 11.6 Å². The number of aromatic nitrogens is 2. The molecule has 0 aliphatic rings. The fourth-order valence-corrected chi connectivity index (χ4v) is 2.27. The van der Waals surface area contributed by atoms with E-state index in [4.69, 9.17) is 21.8 Å². The van der Waals surface area contributed by atoms with Crippen molar-refractivity contribution >= 4 is 29.1 Å². The second-order valence-corrected chi connectivity index (χ2v) is 4.73. The number of hydrogen-bond acceptors (Lipinski definition) is 5. The lowest BCUT2D eigenvalue weighted by Gasteiger charge is -2.05. The third-order valence-electron chi connectivity index (χ3n) is 2.00. The Morgan fingerprint density at radius 1 is 1.31 bits per heavy atom. The first-order valence-electron chi connectivity index (χ1n) is 4.60. The highest BCUT2D eigenvalue weighted by Crippen LogP contribution is 2.33. The molecule has 16 heavy (non-hydrogen) atoms. The summed E-state index contributed by atoms with van der Waals surface area (Å²) in [6.07, 6.45) is 0. The van der Waals surface area contributed by atoms with Crippen molar-refractivity contribution in [2.24, 2.45) is 0 Å². The molecule has 0 radical (unpaired) electrons. The number of benzene rings is 1. The Morgan fingerprint density at radius 2 is 2.06 bits per heavy atom. The van der Waals surface area contributed by atoms with Gasteiger partial charge in [-0.3, -0.25) is 0 Å². The van der Waals surface area contributed by atoms with Crippen LogP contribution in [0.5, 0.6) is 0 Å². The lowest BCUT2D eigenvalue weighted by atomic mass is 10.2. The average Bonchev–Trinajstić information content (AvgIpc) is 2.60. The van der Waals surface area contributed by atoms with Crippen molar-refractivity contribution in [1.29, 1.82) is 0 Å². The minimum absolute atomic E-state index is 0.501. The average molecular weight is 256 g/mol. The fraction of sp³-hybridized carbons (Fsp3) is 0.200. The SMILES string of the molecule is Cc1nnc(Sc2cc(Cl)c(N)cc2C)o1. The predicted octanol–water partition coefficient (Wildman–Crippen LogP) is 3.07. The van der Waals surface area contributed by atoms with E-state index in [-0.39, 0.29) is 0 Å². The molecule has 2 rings (SSSR count). The van der Waals surface area contributed by atoms with Gasteiger partial charge in [0.05, 0.1) is 10.7 Å². The van der Waals surface area contributed by atoms with E-state index in [0.717, 1.165) is 10.5 Å². The lowest BCUT2D eigenvalue weighted by Crippen LogP contribution is -1.89. The van der Waals surface area contributed by atoms with E-state index in [1.807, 2.05) is 13.0 Å². The summed E-state index contributed by atoms with van der Waals surface area (Å²) in [6, 6.07) is 3.63. The molecule has 2 aromatic rings. The van der Waals surface area contributed by atoms with Crippen LogP contribution in [0.2, 0.25) is 5.02 Å². The van der Waals surface area contributed by atoms with Crippen LogP contribution in [-0.4, -0.2) is 10.2 Å². The molecule has 1 heterocycles. The molecular weight excluding hydrogens is 246 g/mol. The third-order valence-corrected chi connectivity index (χ3v) is 3.33. The van der Waals surface area contributed by atoms with E-state index >= 15 is 0 Å². The number of nitrogens with zero attached hydrogens (tertiary/aromatic N) is 2. The van der Waals surface area contributed by atoms with Crippen molar-refractivity contribution in [3.8, 4) is 0 Å². The minimum Gasteiger partial charge on any atom is -0.416 e. The maximum atomic E-state index is 5.95. The van der Waals surface area contributed by atoms with Gasteiger partial charge in [0.15, 0.2) is 0 Å². The zero-order chi connectivity index (χ0) is 11.7. The molecule has 2 N–H and O–H groups in total. The molecule has 6 heteroatoms. The van der Waals surface area contributed by atoms with Gasteiger partial charge in [0.2, 0.25) is 5.89 Å². The number of hydrogen-bond donors (Lipinski definition) is 1. The van der Waals surface area contributed by atoms with Gasteiger partial charge in [-0.25, -0.2) is 0 Å². The Bertz CT molecular complexity index is 527. The first kappa shape index (κ1) is 11.3. The first-order valence-corrected chi connectivity index (χ1v) is 5.79. The van der Waals surface area contributed by atoms with E-state index < -0.39 is 0 Å². The molecule has 84 valence electrons. The van der Waals surface area contributed by atoms with Crippen LogP contribution < -0.4 is 5.73 Å². The van der Waals surface area contributed by atoms with Crippen LogP contribution in [0.4, 0.5) is 5.69 Å². The van der Waals surface area contributed by atoms with Crippen LogP contribution in [0.25, 0.3) is 0 Å². The summed E-state index contributed by atoms with van der Waals surface area (Å²) in [5.74, 6) is 0.543. The Kier molecular flexibility index (Phi) is 3.07. The molecular formula is C10H10ClN3OS. The third kappa shape index (κ3) is 2.31. The standard InChI is InChI=1S/C10H10ClN3OS/c1-5-3-8(12)7(11)4-9(5)16-10-14-13-6(2)15-10/h3-4H,12H2,1-2H3. The van der Waals surface area contributed by atoms with Crippen LogP contribution in [0.1, 0.15) is 11.5 Å². The van der Waals surface area contributed by atoms with Crippen LogP contribution in [0.3, 0.4) is 0 Å². The predicted molar refractivity (Wildman–Crippen MR) is 63.8 cm³/mol. The number of aryl methyl sites for hydroxylation is 2. The van der Waals surface area contributed by atoms with Crippen molar-refractivity contribution in [3.63, 3.8) is 0 Å². The molecule has 0 bridgehead atoms. The normalized spacial score (nSPS) is 10.7. The van der Waals surface area contributed by atoms with E-state index in [2.05, 4.69) is 10.2 Å². The van der Waals surface area contributed by atoms with E-state index in [9.17, 15) is 0 Å². The molecule has 0 fully saturated rings. The molecule has 0 aliphatic carbocycles. The highest BCUT2D eigenvalue weighted by Gasteiger charge is 2.09. The summed E-state index contributed by atoms with van der Waals surface area (Å²) in [7, 11) is 0. The number of nitrogen functional groups attached to an aromatic ring is 1. The largest absolute Gasteiger partial charge is 0.416 e. The highest BCUT2D eigenvalue weighted by atomic mass is 35.5. The fourth-order valence-electron chi connectivity index (χ4n) is 1.21. The summed E-state index contributed by atoms with van der Waals surface area (Å²) in [6.45, 7) is 3.71. The monoisotopic (exact) mass is 255 g/mol. The van der Waals surface area contributed by atoms with Crippen molar-refractivity contribution < 1.29 is 4.42 Å². The molecule has 0 amide bonds. The zero-order valence-electron chi connectivity index (χ0n) is 8.82. The summed E-state index contributed by atoms with van der Waals surface area (Å²) in [5, 5.41) is 8.70. The maximum Gasteiger partial charge on any atom is 0.281 e. The second kappa shape index (κ2) is 4.35. The van der Waals surface area contributed by atoms with Gasteiger partial charge in [0.25, 0.3) is 5.22 Å². The van der Waals surface area contributed by atoms with Crippen LogP contribution in [0, 0.1) is 13.8 Å². The molecule has 0 saturated carbocycles. The molecule has 0 spiro atoms. The van der Waals surface area contributed by atoms with Crippen molar-refractivity contribution in [2.45, 2.75) is 24.0 Å². The number of nitrogens with two attached hydrogens (primary N) is 1. The molecule has 0 aliphatic heterocycles. The van der Waals surface area contributed by atoms with Crippen LogP contribution in [-0.2, 0) is 0 Å². The topological polar surface area (TPSA) is 64.9 Å². The maximum absolute atomic E-state index is 5.95. The van der Waals surface area contributed by atoms with Gasteiger partial charge in [-0.15, -0.1) is 10.2 Å². The van der Waals surface area contributed by atoms with E-state index in [0.29, 0.717) is 21.8 Å². The second-order valence-electron chi connectivity index (χ2n) is 3.33. The summed E-state index contributed by atoms with van der Waals surface area (Å²) >= 11 is 7.33. The van der Waals surface area contributed by atoms with Crippen LogP contribution in [0.15, 0.2) is 26.7 Å². The van der Waals surface area contributed by atoms with Gasteiger partial charge in [0, 0.05) is 11.8 Å². The van der Waals surface area contributed by atoms with E-state index in [1.165, 1.54) is 11.8 Å². The summed E-state index contributed by atoms with van der Waals surface area (Å²) < 4.78 is 5.28. The quantitative estimate of drug-likeness (QED) is 0.836. The van der Waals surface area contributed by atoms with Crippen LogP contribution >= 0.6 is 23.4 Å². The molecule has 0 atom stereocenters. The Labute approximate surface area is 102 Å². The minimum atomic E-state index is 0.501. The first-order chi connectivity index (χ1) is 7.56. The van der Waals surface area contributed by atoms with Crippen molar-refractivity contribution in [2.75, 3.05) is 5.73 Å². The number of anilines is 1. The molecule has 0 saturated heterocycles. The highest BCUT2D eigenvalue weighted by molar-refractivity contribution is 7.99. The van der Waals surface area contributed by atoms with Crippen molar-refractivity contribution in [3.05, 3.63) is 28.6 Å².